The van der Waals surface area contributed by atoms with Gasteiger partial charge in [0.2, 0.25) is 5.91 Å². The van der Waals surface area contributed by atoms with Crippen molar-refractivity contribution in [3.05, 3.63) is 100 Å². The van der Waals surface area contributed by atoms with Gasteiger partial charge in [-0.05, 0) is 90.1 Å². The van der Waals surface area contributed by atoms with E-state index in [-0.39, 0.29) is 17.6 Å². The molecule has 2 aliphatic rings. The molecule has 3 aromatic carbocycles. The summed E-state index contributed by atoms with van der Waals surface area (Å²) in [5, 5.41) is 26.0. The third-order valence-corrected chi connectivity index (χ3v) is 8.95. The Morgan fingerprint density at radius 3 is 2.47 bits per heavy atom. The molecular weight excluding hydrogens is 585 g/mol. The fourth-order valence-corrected chi connectivity index (χ4v) is 6.71. The summed E-state index contributed by atoms with van der Waals surface area (Å²) in [5.74, 6) is -1.58. The fourth-order valence-electron chi connectivity index (χ4n) is 6.71. The number of piperidine rings is 1. The van der Waals surface area contributed by atoms with Crippen LogP contribution < -0.4 is 5.32 Å². The molecule has 1 unspecified atom stereocenters. The van der Waals surface area contributed by atoms with Crippen molar-refractivity contribution < 1.29 is 33.0 Å². The second kappa shape index (κ2) is 12.0. The number of rotatable bonds is 7. The first kappa shape index (κ1) is 30.4. The van der Waals surface area contributed by atoms with Gasteiger partial charge in [0.25, 0.3) is 0 Å². The molecule has 1 aliphatic heterocycles. The molecule has 0 bridgehead atoms. The van der Waals surface area contributed by atoms with E-state index in [4.69, 9.17) is 5.11 Å². The first-order valence-electron chi connectivity index (χ1n) is 14.9. The Bertz CT molecular complexity index is 1760. The number of fused-ring (bicyclic) bond motifs is 1. The summed E-state index contributed by atoms with van der Waals surface area (Å²) in [6.45, 7) is 2.86. The number of nitrogens with one attached hydrogen (secondary N) is 1. The number of carboxylic acid groups (broad SMARTS) is 1. The summed E-state index contributed by atoms with van der Waals surface area (Å²) in [4.78, 5) is 25.0. The molecule has 1 aromatic heterocycles. The number of aryl methyl sites for hydroxylation is 2. The molecule has 6 rings (SSSR count). The fraction of sp³-hybridized carbons (Fsp3) is 0.324. The van der Waals surface area contributed by atoms with E-state index in [1.165, 1.54) is 11.6 Å². The van der Waals surface area contributed by atoms with Crippen LogP contribution in [0.3, 0.4) is 0 Å². The van der Waals surface area contributed by atoms with E-state index in [9.17, 15) is 27.9 Å². The number of aromatic carboxylic acids is 1. The van der Waals surface area contributed by atoms with Crippen LogP contribution in [0, 0.1) is 6.92 Å². The van der Waals surface area contributed by atoms with Gasteiger partial charge in [0.1, 0.15) is 12.2 Å². The highest BCUT2D eigenvalue weighted by molar-refractivity contribution is 5.89. The highest BCUT2D eigenvalue weighted by Gasteiger charge is 2.40. The van der Waals surface area contributed by atoms with Crippen LogP contribution in [0.5, 0.6) is 0 Å². The van der Waals surface area contributed by atoms with Gasteiger partial charge in [0.05, 0.1) is 17.9 Å². The molecule has 8 nitrogen and oxygen atoms in total. The lowest BCUT2D eigenvalue weighted by atomic mass is 9.88. The van der Waals surface area contributed by atoms with Crippen LogP contribution in [0.25, 0.3) is 16.8 Å². The number of benzene rings is 3. The van der Waals surface area contributed by atoms with Gasteiger partial charge in [-0.25, -0.2) is 9.48 Å². The van der Waals surface area contributed by atoms with E-state index in [1.807, 2.05) is 18.2 Å². The lowest BCUT2D eigenvalue weighted by Crippen LogP contribution is -2.39. The van der Waals surface area contributed by atoms with Gasteiger partial charge in [-0.15, -0.1) is 0 Å². The Hall–Kier alpha value is -4.64. The molecule has 1 saturated heterocycles. The summed E-state index contributed by atoms with van der Waals surface area (Å²) < 4.78 is 42.4. The standard InChI is InChI=1S/C34H33F3N4O4/c1-20-16-23(21-12-14-40(15-13-21)30(43)19-42)9-10-28(20)39-29-11-8-22-4-3-7-26(31(22)29)24-5-2-6-25(17-24)41-32(34(35,36)37)27(18-38-41)33(44)45/h2-7,9-10,16-18,21,29,39,42H,8,11-15,19H2,1H3,(H,44,45). The van der Waals surface area contributed by atoms with E-state index < -0.39 is 30.0 Å². The Morgan fingerprint density at radius 1 is 1.02 bits per heavy atom. The van der Waals surface area contributed by atoms with Gasteiger partial charge >= 0.3 is 12.1 Å². The monoisotopic (exact) mass is 618 g/mol. The number of aliphatic hydroxyl groups is 1. The molecule has 1 amide bonds. The molecule has 11 heteroatoms. The van der Waals surface area contributed by atoms with Crippen LogP contribution in [0.4, 0.5) is 18.9 Å². The largest absolute Gasteiger partial charge is 0.478 e. The van der Waals surface area contributed by atoms with Gasteiger partial charge in [-0.1, -0.05) is 42.5 Å². The predicted octanol–water partition coefficient (Wildman–Crippen LogP) is 6.36. The van der Waals surface area contributed by atoms with Crippen molar-refractivity contribution in [2.24, 2.45) is 0 Å². The minimum atomic E-state index is -4.91. The minimum Gasteiger partial charge on any atom is -0.478 e. The number of hydrogen-bond acceptors (Lipinski definition) is 5. The number of aromatic nitrogens is 2. The molecule has 4 aromatic rings. The topological polar surface area (TPSA) is 108 Å². The van der Waals surface area contributed by atoms with Gasteiger partial charge < -0.3 is 20.4 Å². The molecular formula is C34H33F3N4O4. The molecule has 234 valence electrons. The van der Waals surface area contributed by atoms with Crippen LogP contribution >= 0.6 is 0 Å². The number of aliphatic hydroxyl groups excluding tert-OH is 1. The Kier molecular flexibility index (Phi) is 8.13. The van der Waals surface area contributed by atoms with E-state index in [2.05, 4.69) is 41.6 Å². The van der Waals surface area contributed by atoms with E-state index in [0.717, 1.165) is 59.8 Å². The zero-order valence-electron chi connectivity index (χ0n) is 24.6. The van der Waals surface area contributed by atoms with E-state index in [0.29, 0.717) is 29.3 Å². The van der Waals surface area contributed by atoms with Crippen molar-refractivity contribution >= 4 is 17.6 Å². The highest BCUT2D eigenvalue weighted by Crippen LogP contribution is 2.42. The number of hydrogen-bond donors (Lipinski definition) is 3. The highest BCUT2D eigenvalue weighted by atomic mass is 19.4. The van der Waals surface area contributed by atoms with Crippen molar-refractivity contribution in [1.82, 2.24) is 14.7 Å². The smallest absolute Gasteiger partial charge is 0.434 e. The number of likely N-dealkylation sites (tertiary alicyclic amines) is 1. The number of amides is 1. The van der Waals surface area contributed by atoms with Crippen LogP contribution in [-0.2, 0) is 17.4 Å². The average Bonchev–Trinajstić information content (AvgIpc) is 3.67. The maximum absolute atomic E-state index is 13.9. The second-order valence-corrected chi connectivity index (χ2v) is 11.7. The summed E-state index contributed by atoms with van der Waals surface area (Å²) in [5.41, 5.74) is 5.06. The van der Waals surface area contributed by atoms with Crippen LogP contribution in [0.2, 0.25) is 0 Å². The van der Waals surface area contributed by atoms with Crippen LogP contribution in [-0.4, -0.2) is 56.5 Å². The van der Waals surface area contributed by atoms with Gasteiger partial charge in [-0.2, -0.15) is 18.3 Å². The maximum atomic E-state index is 13.9. The van der Waals surface area contributed by atoms with Crippen molar-refractivity contribution in [3.63, 3.8) is 0 Å². The second-order valence-electron chi connectivity index (χ2n) is 11.7. The van der Waals surface area contributed by atoms with Gasteiger partial charge in [0, 0.05) is 18.8 Å². The number of carbonyl (C=O) groups is 2. The number of carboxylic acids is 1. The van der Waals surface area contributed by atoms with Crippen LogP contribution in [0.1, 0.15) is 69.5 Å². The average molecular weight is 619 g/mol. The van der Waals surface area contributed by atoms with Crippen molar-refractivity contribution in [2.75, 3.05) is 25.0 Å². The number of nitrogens with zero attached hydrogens (tertiary/aromatic N) is 3. The summed E-state index contributed by atoms with van der Waals surface area (Å²) in [7, 11) is 0. The third kappa shape index (κ3) is 5.92. The Morgan fingerprint density at radius 2 is 1.78 bits per heavy atom. The molecule has 45 heavy (non-hydrogen) atoms. The number of anilines is 1. The number of halogens is 3. The third-order valence-electron chi connectivity index (χ3n) is 8.95. The predicted molar refractivity (Wildman–Crippen MR) is 162 cm³/mol. The minimum absolute atomic E-state index is 0.0220. The Labute approximate surface area is 258 Å². The zero-order chi connectivity index (χ0) is 31.9. The summed E-state index contributed by atoms with van der Waals surface area (Å²) >= 11 is 0. The SMILES string of the molecule is Cc1cc(C2CCN(C(=O)CO)CC2)ccc1NC1CCc2cccc(-c3cccc(-n4ncc(C(=O)O)c4C(F)(F)F)c3)c21. The zero-order valence-corrected chi connectivity index (χ0v) is 24.6. The molecule has 2 heterocycles. The number of carbonyl (C=O) groups excluding carboxylic acids is 1. The molecule has 0 saturated carbocycles. The van der Waals surface area contributed by atoms with E-state index in [1.54, 1.807) is 17.0 Å². The quantitative estimate of drug-likeness (QED) is 0.223. The molecule has 3 N–H and O–H groups in total. The summed E-state index contributed by atoms with van der Waals surface area (Å²) in [6.07, 6.45) is -0.792. The molecule has 0 radical (unpaired) electrons. The first-order valence-corrected chi connectivity index (χ1v) is 14.9. The maximum Gasteiger partial charge on any atom is 0.434 e. The molecule has 1 aliphatic carbocycles. The molecule has 0 spiro atoms. The van der Waals surface area contributed by atoms with Gasteiger partial charge in [0.15, 0.2) is 5.69 Å². The van der Waals surface area contributed by atoms with E-state index >= 15 is 0 Å². The van der Waals surface area contributed by atoms with Crippen molar-refractivity contribution in [1.29, 1.82) is 0 Å². The number of alkyl halides is 3. The van der Waals surface area contributed by atoms with Crippen molar-refractivity contribution in [3.8, 4) is 16.8 Å². The van der Waals surface area contributed by atoms with Gasteiger partial charge in [-0.3, -0.25) is 4.79 Å². The summed E-state index contributed by atoms with van der Waals surface area (Å²) in [6, 6.07) is 18.9. The Balaban J connectivity index is 1.26. The molecule has 1 fully saturated rings. The normalized spacial score (nSPS) is 16.9. The van der Waals surface area contributed by atoms with Crippen molar-refractivity contribution in [2.45, 2.75) is 50.7 Å². The first-order chi connectivity index (χ1) is 21.5. The lowest BCUT2D eigenvalue weighted by molar-refractivity contribution is -0.143. The van der Waals surface area contributed by atoms with Crippen LogP contribution in [0.15, 0.2) is 66.9 Å². The lowest BCUT2D eigenvalue weighted by Gasteiger charge is -2.32. The molecule has 1 atom stereocenters.